The second-order valence-corrected chi connectivity index (χ2v) is 7.41. The van der Waals surface area contributed by atoms with Crippen LogP contribution in [0.4, 0.5) is 11.5 Å². The van der Waals surface area contributed by atoms with Gasteiger partial charge >= 0.3 is 11.9 Å². The van der Waals surface area contributed by atoms with Gasteiger partial charge in [0, 0.05) is 11.8 Å². The second kappa shape index (κ2) is 13.6. The smallest absolute Gasteiger partial charge is 0.361 e. The molecule has 3 aromatic heterocycles. The maximum atomic E-state index is 11.9. The first-order valence-electron chi connectivity index (χ1n) is 10.1. The quantitative estimate of drug-likeness (QED) is 0.420. The Labute approximate surface area is 211 Å². The molecule has 0 radical (unpaired) electrons. The van der Waals surface area contributed by atoms with E-state index in [2.05, 4.69) is 35.4 Å². The molecule has 0 amide bonds. The molecule has 0 aliphatic rings. The van der Waals surface area contributed by atoms with Gasteiger partial charge in [-0.05, 0) is 38.5 Å². The summed E-state index contributed by atoms with van der Waals surface area (Å²) in [5, 5.41) is 17.9. The number of carbonyl (C=O) groups is 2. The monoisotopic (exact) mass is 526 g/mol. The van der Waals surface area contributed by atoms with Gasteiger partial charge in [0.25, 0.3) is 0 Å². The summed E-state index contributed by atoms with van der Waals surface area (Å²) >= 11 is 17.0. The van der Waals surface area contributed by atoms with E-state index in [9.17, 15) is 9.59 Å². The Balaban J connectivity index is 0.000000270. The molecule has 3 rings (SSSR count). The zero-order valence-electron chi connectivity index (χ0n) is 18.5. The summed E-state index contributed by atoms with van der Waals surface area (Å²) in [6.45, 7) is 5.95. The molecule has 0 saturated carbocycles. The minimum atomic E-state index is -0.600. The van der Waals surface area contributed by atoms with Crippen molar-refractivity contribution in [3.63, 3.8) is 0 Å². The second-order valence-electron chi connectivity index (χ2n) is 6.23. The first kappa shape index (κ1) is 27.2. The average Bonchev–Trinajstić information content (AvgIpc) is 2.80. The molecule has 0 fully saturated rings. The van der Waals surface area contributed by atoms with Gasteiger partial charge in [-0.3, -0.25) is 0 Å². The summed E-state index contributed by atoms with van der Waals surface area (Å²) in [5.74, 6) is -0.559. The maximum Gasteiger partial charge on any atom is 0.361 e. The summed E-state index contributed by atoms with van der Waals surface area (Å²) in [6.07, 6.45) is 0.815. The third-order valence-corrected chi connectivity index (χ3v) is 4.51. The number of hydrogen-bond donors (Lipinski definition) is 1. The van der Waals surface area contributed by atoms with Crippen molar-refractivity contribution in [2.24, 2.45) is 0 Å². The highest BCUT2D eigenvalue weighted by Crippen LogP contribution is 2.21. The summed E-state index contributed by atoms with van der Waals surface area (Å²) in [6, 6.07) is 8.45. The molecule has 0 aliphatic carbocycles. The molecule has 34 heavy (non-hydrogen) atoms. The third kappa shape index (κ3) is 8.05. The first-order valence-corrected chi connectivity index (χ1v) is 11.2. The predicted octanol–water partition coefficient (Wildman–Crippen LogP) is 4.97. The summed E-state index contributed by atoms with van der Waals surface area (Å²) in [5.41, 5.74) is 1.40. The maximum absolute atomic E-state index is 11.9. The average molecular weight is 528 g/mol. The van der Waals surface area contributed by atoms with Gasteiger partial charge in [0.15, 0.2) is 21.7 Å². The van der Waals surface area contributed by atoms with Crippen LogP contribution >= 0.6 is 34.8 Å². The van der Waals surface area contributed by atoms with Crippen LogP contribution in [-0.4, -0.2) is 50.5 Å². The molecule has 0 saturated heterocycles. The van der Waals surface area contributed by atoms with Crippen LogP contribution in [0.1, 0.15) is 47.4 Å². The lowest BCUT2D eigenvalue weighted by molar-refractivity contribution is 0.0509. The third-order valence-electron chi connectivity index (χ3n) is 3.85. The largest absolute Gasteiger partial charge is 0.461 e. The Kier molecular flexibility index (Phi) is 10.9. The zero-order valence-corrected chi connectivity index (χ0v) is 20.8. The van der Waals surface area contributed by atoms with E-state index < -0.39 is 11.9 Å². The number of halogens is 3. The van der Waals surface area contributed by atoms with Crippen LogP contribution in [0.15, 0.2) is 30.3 Å². The number of hydrogen-bond acceptors (Lipinski definition) is 10. The Morgan fingerprint density at radius 1 is 0.853 bits per heavy atom. The number of aromatic nitrogens is 5. The highest BCUT2D eigenvalue weighted by Gasteiger charge is 2.17. The number of esters is 2. The fraction of sp³-hybridized carbons (Fsp3) is 0.286. The van der Waals surface area contributed by atoms with E-state index in [0.29, 0.717) is 11.5 Å². The number of nitrogens with zero attached hydrogens (tertiary/aromatic N) is 5. The molecular formula is C21H21Cl3N6O4. The summed E-state index contributed by atoms with van der Waals surface area (Å²) in [4.78, 5) is 27.4. The van der Waals surface area contributed by atoms with Gasteiger partial charge in [0.2, 0.25) is 0 Å². The molecular weight excluding hydrogens is 507 g/mol. The van der Waals surface area contributed by atoms with Crippen LogP contribution in [0.3, 0.4) is 0 Å². The van der Waals surface area contributed by atoms with E-state index in [1.807, 2.05) is 19.1 Å². The van der Waals surface area contributed by atoms with Gasteiger partial charge in [-0.2, -0.15) is 0 Å². The normalized spacial score (nSPS) is 10.1. The minimum absolute atomic E-state index is 0.0204. The Morgan fingerprint density at radius 3 is 2.03 bits per heavy atom. The van der Waals surface area contributed by atoms with E-state index in [1.165, 1.54) is 12.1 Å². The summed E-state index contributed by atoms with van der Waals surface area (Å²) < 4.78 is 9.63. The lowest BCUT2D eigenvalue weighted by Crippen LogP contribution is -2.12. The fourth-order valence-corrected chi connectivity index (χ4v) is 2.95. The van der Waals surface area contributed by atoms with E-state index >= 15 is 0 Å². The molecule has 10 nitrogen and oxygen atoms in total. The molecule has 0 bridgehead atoms. The van der Waals surface area contributed by atoms with Crippen LogP contribution in [0.5, 0.6) is 0 Å². The number of carbonyl (C=O) groups excluding carboxylic acids is 2. The van der Waals surface area contributed by atoms with Gasteiger partial charge in [0.1, 0.15) is 5.82 Å². The summed E-state index contributed by atoms with van der Waals surface area (Å²) in [7, 11) is 0. The van der Waals surface area contributed by atoms with Gasteiger partial charge in [0.05, 0.1) is 23.9 Å². The number of rotatable bonds is 7. The van der Waals surface area contributed by atoms with E-state index in [4.69, 9.17) is 39.5 Å². The van der Waals surface area contributed by atoms with Crippen molar-refractivity contribution >= 4 is 58.2 Å². The van der Waals surface area contributed by atoms with Crippen molar-refractivity contribution in [3.8, 4) is 0 Å². The first-order chi connectivity index (χ1) is 16.3. The number of anilines is 2. The molecule has 180 valence electrons. The SMILES string of the molecule is CCOC(=O)c1nnc(Cl)cc1Cl.CCOC(=O)c1nnc(Cl)cc1Nc1cccc(CC)n1. The zero-order chi connectivity index (χ0) is 25.1. The molecule has 0 atom stereocenters. The number of nitrogens with one attached hydrogen (secondary N) is 1. The highest BCUT2D eigenvalue weighted by atomic mass is 35.5. The minimum Gasteiger partial charge on any atom is -0.461 e. The van der Waals surface area contributed by atoms with E-state index in [0.717, 1.165) is 12.1 Å². The van der Waals surface area contributed by atoms with Crippen LogP contribution in [0, 0.1) is 0 Å². The topological polar surface area (TPSA) is 129 Å². The lowest BCUT2D eigenvalue weighted by atomic mass is 10.3. The standard InChI is InChI=1S/C14H15ClN4O2.C7H6Cl2N2O2/c1-3-9-6-5-7-12(16-9)17-10-8-11(15)18-19-13(10)14(20)21-4-2;1-2-13-7(12)6-4(8)3-5(9)10-11-6/h5-8H,3-4H2,1-2H3,(H,16,17,18);3H,2H2,1H3. The van der Waals surface area contributed by atoms with Crippen LogP contribution in [-0.2, 0) is 15.9 Å². The van der Waals surface area contributed by atoms with Crippen molar-refractivity contribution in [3.05, 3.63) is 62.7 Å². The van der Waals surface area contributed by atoms with Gasteiger partial charge in [-0.15, -0.1) is 20.4 Å². The van der Waals surface area contributed by atoms with Crippen molar-refractivity contribution in [2.45, 2.75) is 27.2 Å². The Hall–Kier alpha value is -3.08. The number of ether oxygens (including phenoxy) is 2. The molecule has 0 aliphatic heterocycles. The molecule has 13 heteroatoms. The molecule has 3 heterocycles. The Morgan fingerprint density at radius 2 is 1.44 bits per heavy atom. The molecule has 3 aromatic rings. The van der Waals surface area contributed by atoms with Crippen molar-refractivity contribution in [1.29, 1.82) is 0 Å². The highest BCUT2D eigenvalue weighted by molar-refractivity contribution is 6.35. The van der Waals surface area contributed by atoms with Crippen molar-refractivity contribution in [2.75, 3.05) is 18.5 Å². The van der Waals surface area contributed by atoms with E-state index in [-0.39, 0.29) is 39.9 Å². The molecule has 0 aromatic carbocycles. The molecule has 0 spiro atoms. The lowest BCUT2D eigenvalue weighted by Gasteiger charge is -2.10. The van der Waals surface area contributed by atoms with E-state index in [1.54, 1.807) is 19.9 Å². The van der Waals surface area contributed by atoms with Crippen molar-refractivity contribution in [1.82, 2.24) is 25.4 Å². The van der Waals surface area contributed by atoms with Gasteiger partial charge in [-0.25, -0.2) is 14.6 Å². The fourth-order valence-electron chi connectivity index (χ4n) is 2.38. The van der Waals surface area contributed by atoms with Crippen molar-refractivity contribution < 1.29 is 19.1 Å². The number of pyridine rings is 1. The van der Waals surface area contributed by atoms with Crippen LogP contribution in [0.25, 0.3) is 0 Å². The number of aryl methyl sites for hydroxylation is 1. The molecule has 1 N–H and O–H groups in total. The van der Waals surface area contributed by atoms with Gasteiger partial charge in [-0.1, -0.05) is 47.8 Å². The van der Waals surface area contributed by atoms with Crippen LogP contribution in [0.2, 0.25) is 15.3 Å². The molecule has 0 unspecified atom stereocenters. The predicted molar refractivity (Wildman–Crippen MR) is 128 cm³/mol. The van der Waals surface area contributed by atoms with Crippen LogP contribution < -0.4 is 5.32 Å². The van der Waals surface area contributed by atoms with Gasteiger partial charge < -0.3 is 14.8 Å². The Bertz CT molecular complexity index is 1150.